The number of aliphatic hydroxyl groups excluding tert-OH is 2. The number of benzene rings is 1. The zero-order chi connectivity index (χ0) is 18.6. The second-order valence-corrected chi connectivity index (χ2v) is 7.08. The minimum Gasteiger partial charge on any atom is -0.396 e. The number of hydrogen-bond acceptors (Lipinski definition) is 4. The standard InChI is InChI=1S/C18H25ClN2O4/c1-3-7-18(11-22)10-21(8-6-16(18)24)17(25)14-5-4-13(9-15(14)19)20-12(2)23/h4-5,9,16,22,24H,3,6-8,10-11H2,1-2H3,(H,20,23)/t16-,18-/m1/s1. The lowest BCUT2D eigenvalue weighted by molar-refractivity contribution is -0.114. The summed E-state index contributed by atoms with van der Waals surface area (Å²) in [5, 5.41) is 23.0. The van der Waals surface area contributed by atoms with Gasteiger partial charge in [0.1, 0.15) is 0 Å². The summed E-state index contributed by atoms with van der Waals surface area (Å²) in [5.41, 5.74) is 0.180. The fourth-order valence-electron chi connectivity index (χ4n) is 3.44. The minimum absolute atomic E-state index is 0.166. The topological polar surface area (TPSA) is 89.9 Å². The van der Waals surface area contributed by atoms with E-state index in [-0.39, 0.29) is 23.4 Å². The first-order chi connectivity index (χ1) is 11.8. The summed E-state index contributed by atoms with van der Waals surface area (Å²) in [4.78, 5) is 25.6. The Balaban J connectivity index is 2.21. The Morgan fingerprint density at radius 2 is 2.16 bits per heavy atom. The molecular formula is C18H25ClN2O4. The van der Waals surface area contributed by atoms with Crippen LogP contribution in [0.4, 0.5) is 5.69 Å². The molecule has 0 aliphatic carbocycles. The zero-order valence-electron chi connectivity index (χ0n) is 14.6. The maximum atomic E-state index is 12.9. The summed E-state index contributed by atoms with van der Waals surface area (Å²) in [6.07, 6.45) is 1.25. The Morgan fingerprint density at radius 3 is 2.72 bits per heavy atom. The molecule has 0 aromatic heterocycles. The number of carbonyl (C=O) groups is 2. The van der Waals surface area contributed by atoms with Crippen molar-refractivity contribution in [2.45, 2.75) is 39.2 Å². The van der Waals surface area contributed by atoms with E-state index < -0.39 is 11.5 Å². The molecule has 1 aromatic rings. The van der Waals surface area contributed by atoms with Gasteiger partial charge in [-0.05, 0) is 31.0 Å². The predicted octanol–water partition coefficient (Wildman–Crippen LogP) is 2.28. The van der Waals surface area contributed by atoms with Gasteiger partial charge in [0, 0.05) is 31.1 Å². The number of aliphatic hydroxyl groups is 2. The van der Waals surface area contributed by atoms with Crippen molar-refractivity contribution in [3.8, 4) is 0 Å². The molecule has 0 radical (unpaired) electrons. The zero-order valence-corrected chi connectivity index (χ0v) is 15.3. The van der Waals surface area contributed by atoms with E-state index in [0.717, 1.165) is 6.42 Å². The van der Waals surface area contributed by atoms with Crippen LogP contribution in [-0.2, 0) is 4.79 Å². The first-order valence-electron chi connectivity index (χ1n) is 8.48. The molecule has 0 unspecified atom stereocenters. The molecule has 138 valence electrons. The lowest BCUT2D eigenvalue weighted by atomic mass is 9.74. The van der Waals surface area contributed by atoms with E-state index >= 15 is 0 Å². The van der Waals surface area contributed by atoms with E-state index in [1.54, 1.807) is 23.1 Å². The van der Waals surface area contributed by atoms with Crippen molar-refractivity contribution in [2.24, 2.45) is 5.41 Å². The number of carbonyl (C=O) groups excluding carboxylic acids is 2. The third-order valence-electron chi connectivity index (χ3n) is 4.75. The highest BCUT2D eigenvalue weighted by Crippen LogP contribution is 2.35. The SMILES string of the molecule is CCC[C@]1(CO)CN(C(=O)c2ccc(NC(C)=O)cc2Cl)CC[C@H]1O. The number of hydrogen-bond donors (Lipinski definition) is 3. The van der Waals surface area contributed by atoms with Crippen LogP contribution in [-0.4, -0.2) is 52.7 Å². The van der Waals surface area contributed by atoms with E-state index in [1.165, 1.54) is 6.92 Å². The Labute approximate surface area is 152 Å². The average molecular weight is 369 g/mol. The average Bonchev–Trinajstić information content (AvgIpc) is 2.56. The molecule has 0 saturated carbocycles. The molecule has 1 aromatic carbocycles. The van der Waals surface area contributed by atoms with Crippen LogP contribution < -0.4 is 5.32 Å². The van der Waals surface area contributed by atoms with Gasteiger partial charge < -0.3 is 20.4 Å². The number of amides is 2. The second kappa shape index (κ2) is 8.17. The van der Waals surface area contributed by atoms with Crippen LogP contribution in [0, 0.1) is 5.41 Å². The van der Waals surface area contributed by atoms with Crippen molar-refractivity contribution in [2.75, 3.05) is 25.0 Å². The molecule has 1 heterocycles. The molecule has 1 saturated heterocycles. The van der Waals surface area contributed by atoms with Gasteiger partial charge in [0.2, 0.25) is 5.91 Å². The van der Waals surface area contributed by atoms with Crippen molar-refractivity contribution < 1.29 is 19.8 Å². The number of piperidine rings is 1. The quantitative estimate of drug-likeness (QED) is 0.743. The Kier molecular flexibility index (Phi) is 6.43. The molecule has 0 spiro atoms. The predicted molar refractivity (Wildman–Crippen MR) is 96.7 cm³/mol. The minimum atomic E-state index is -0.689. The summed E-state index contributed by atoms with van der Waals surface area (Å²) in [5.74, 6) is -0.451. The van der Waals surface area contributed by atoms with Gasteiger partial charge in [-0.15, -0.1) is 0 Å². The Morgan fingerprint density at radius 1 is 1.44 bits per heavy atom. The van der Waals surface area contributed by atoms with Crippen molar-refractivity contribution in [3.63, 3.8) is 0 Å². The molecule has 2 amide bonds. The third-order valence-corrected chi connectivity index (χ3v) is 5.07. The summed E-state index contributed by atoms with van der Waals surface area (Å²) in [6.45, 7) is 3.92. The van der Waals surface area contributed by atoms with Crippen molar-refractivity contribution in [1.29, 1.82) is 0 Å². The Bertz CT molecular complexity index is 652. The monoisotopic (exact) mass is 368 g/mol. The van der Waals surface area contributed by atoms with Gasteiger partial charge in [-0.3, -0.25) is 9.59 Å². The van der Waals surface area contributed by atoms with Crippen LogP contribution in [0.3, 0.4) is 0 Å². The van der Waals surface area contributed by atoms with Gasteiger partial charge in [0.25, 0.3) is 5.91 Å². The highest BCUT2D eigenvalue weighted by atomic mass is 35.5. The number of anilines is 1. The number of nitrogens with one attached hydrogen (secondary N) is 1. The van der Waals surface area contributed by atoms with Crippen molar-refractivity contribution >= 4 is 29.1 Å². The summed E-state index contributed by atoms with van der Waals surface area (Å²) >= 11 is 6.22. The molecule has 1 aliphatic heterocycles. The molecule has 7 heteroatoms. The van der Waals surface area contributed by atoms with Gasteiger partial charge in [-0.2, -0.15) is 0 Å². The normalized spacial score (nSPS) is 23.4. The first-order valence-corrected chi connectivity index (χ1v) is 8.86. The molecule has 3 N–H and O–H groups in total. The first kappa shape index (κ1) is 19.7. The van der Waals surface area contributed by atoms with Crippen LogP contribution in [0.5, 0.6) is 0 Å². The summed E-state index contributed by atoms with van der Waals surface area (Å²) < 4.78 is 0. The molecule has 2 rings (SSSR count). The fourth-order valence-corrected chi connectivity index (χ4v) is 3.70. The second-order valence-electron chi connectivity index (χ2n) is 6.68. The van der Waals surface area contributed by atoms with Crippen molar-refractivity contribution in [3.05, 3.63) is 28.8 Å². The van der Waals surface area contributed by atoms with Crippen LogP contribution >= 0.6 is 11.6 Å². The van der Waals surface area contributed by atoms with Gasteiger partial charge in [0.15, 0.2) is 0 Å². The van der Waals surface area contributed by atoms with Gasteiger partial charge in [-0.1, -0.05) is 24.9 Å². The van der Waals surface area contributed by atoms with Crippen molar-refractivity contribution in [1.82, 2.24) is 4.90 Å². The van der Waals surface area contributed by atoms with Gasteiger partial charge in [-0.25, -0.2) is 0 Å². The lowest BCUT2D eigenvalue weighted by Crippen LogP contribution is -2.55. The van der Waals surface area contributed by atoms with Crippen LogP contribution in [0.2, 0.25) is 5.02 Å². The lowest BCUT2D eigenvalue weighted by Gasteiger charge is -2.45. The van der Waals surface area contributed by atoms with Crippen LogP contribution in [0.25, 0.3) is 0 Å². The molecule has 0 bridgehead atoms. The molecule has 1 aliphatic rings. The number of nitrogens with zero attached hydrogens (tertiary/aromatic N) is 1. The molecule has 6 nitrogen and oxygen atoms in total. The van der Waals surface area contributed by atoms with Crippen LogP contribution in [0.1, 0.15) is 43.5 Å². The number of likely N-dealkylation sites (tertiary alicyclic amines) is 1. The Hall–Kier alpha value is -1.63. The highest BCUT2D eigenvalue weighted by Gasteiger charge is 2.43. The molecule has 25 heavy (non-hydrogen) atoms. The van der Waals surface area contributed by atoms with E-state index in [4.69, 9.17) is 11.6 Å². The molecule has 1 fully saturated rings. The number of rotatable bonds is 5. The maximum absolute atomic E-state index is 12.9. The number of halogens is 1. The van der Waals surface area contributed by atoms with E-state index in [2.05, 4.69) is 5.32 Å². The third kappa shape index (κ3) is 4.32. The van der Waals surface area contributed by atoms with E-state index in [9.17, 15) is 19.8 Å². The van der Waals surface area contributed by atoms with Crippen LogP contribution in [0.15, 0.2) is 18.2 Å². The van der Waals surface area contributed by atoms with Gasteiger partial charge in [0.05, 0.1) is 23.3 Å². The molecular weight excluding hydrogens is 344 g/mol. The fraction of sp³-hybridized carbons (Fsp3) is 0.556. The summed E-state index contributed by atoms with van der Waals surface area (Å²) in [6, 6.07) is 4.76. The maximum Gasteiger partial charge on any atom is 0.255 e. The smallest absolute Gasteiger partial charge is 0.255 e. The van der Waals surface area contributed by atoms with E-state index in [1.807, 2.05) is 6.92 Å². The summed E-state index contributed by atoms with van der Waals surface area (Å²) in [7, 11) is 0. The molecule has 2 atom stereocenters. The largest absolute Gasteiger partial charge is 0.396 e. The van der Waals surface area contributed by atoms with E-state index in [0.29, 0.717) is 37.2 Å². The van der Waals surface area contributed by atoms with Gasteiger partial charge >= 0.3 is 0 Å². The highest BCUT2D eigenvalue weighted by molar-refractivity contribution is 6.34.